The zero-order chi connectivity index (χ0) is 16.0. The minimum atomic E-state index is -0.903. The molecule has 0 aliphatic carbocycles. The van der Waals surface area contributed by atoms with Crippen molar-refractivity contribution in [1.82, 2.24) is 14.7 Å². The topological polar surface area (TPSA) is 75.4 Å². The molecule has 6 heteroatoms. The van der Waals surface area contributed by atoms with Gasteiger partial charge in [-0.3, -0.25) is 14.3 Å². The van der Waals surface area contributed by atoms with Gasteiger partial charge in [0.25, 0.3) is 5.91 Å². The van der Waals surface area contributed by atoms with Gasteiger partial charge in [0.1, 0.15) is 0 Å². The summed E-state index contributed by atoms with van der Waals surface area (Å²) in [7, 11) is 0. The number of carboxylic acid groups (broad SMARTS) is 1. The standard InChI is InChI=1S/C15H25N3O3/c1-5-12(6-2)18-11(4)10-13(16-18)15(21)17(7-3)9-8-14(19)20/h10,12H,5-9H2,1-4H3,(H,19,20). The lowest BCUT2D eigenvalue weighted by atomic mass is 10.2. The van der Waals surface area contributed by atoms with Crippen LogP contribution in [-0.2, 0) is 4.79 Å². The average molecular weight is 295 g/mol. The molecule has 118 valence electrons. The fourth-order valence-corrected chi connectivity index (χ4v) is 2.39. The van der Waals surface area contributed by atoms with Crippen molar-refractivity contribution in [2.24, 2.45) is 0 Å². The largest absolute Gasteiger partial charge is 0.481 e. The molecule has 0 aliphatic rings. The van der Waals surface area contributed by atoms with Crippen LogP contribution < -0.4 is 0 Å². The lowest BCUT2D eigenvalue weighted by molar-refractivity contribution is -0.137. The number of carbonyl (C=O) groups excluding carboxylic acids is 1. The predicted octanol–water partition coefficient (Wildman–Crippen LogP) is 2.49. The summed E-state index contributed by atoms with van der Waals surface area (Å²) < 4.78 is 1.90. The maximum absolute atomic E-state index is 12.4. The first kappa shape index (κ1) is 17.2. The van der Waals surface area contributed by atoms with Gasteiger partial charge < -0.3 is 10.0 Å². The highest BCUT2D eigenvalue weighted by atomic mass is 16.4. The van der Waals surface area contributed by atoms with Crippen LogP contribution in [0.15, 0.2) is 6.07 Å². The first-order valence-corrected chi connectivity index (χ1v) is 7.51. The van der Waals surface area contributed by atoms with E-state index in [-0.39, 0.29) is 18.9 Å². The third-order valence-electron chi connectivity index (χ3n) is 3.69. The smallest absolute Gasteiger partial charge is 0.305 e. The molecule has 0 aliphatic heterocycles. The minimum absolute atomic E-state index is 0.0498. The second-order valence-corrected chi connectivity index (χ2v) is 5.11. The number of carbonyl (C=O) groups is 2. The number of hydrogen-bond donors (Lipinski definition) is 1. The van der Waals surface area contributed by atoms with E-state index in [0.717, 1.165) is 18.5 Å². The molecule has 0 saturated carbocycles. The summed E-state index contributed by atoms with van der Waals surface area (Å²) in [4.78, 5) is 24.6. The summed E-state index contributed by atoms with van der Waals surface area (Å²) in [5.41, 5.74) is 1.35. The highest BCUT2D eigenvalue weighted by Crippen LogP contribution is 2.18. The Kier molecular flexibility index (Phi) is 6.39. The van der Waals surface area contributed by atoms with Crippen LogP contribution in [0.5, 0.6) is 0 Å². The van der Waals surface area contributed by atoms with Gasteiger partial charge in [0.15, 0.2) is 5.69 Å². The van der Waals surface area contributed by atoms with Gasteiger partial charge in [0.2, 0.25) is 0 Å². The van der Waals surface area contributed by atoms with E-state index in [2.05, 4.69) is 18.9 Å². The zero-order valence-corrected chi connectivity index (χ0v) is 13.3. The molecule has 0 spiro atoms. The molecule has 21 heavy (non-hydrogen) atoms. The van der Waals surface area contributed by atoms with Crippen LogP contribution in [0.25, 0.3) is 0 Å². The number of aromatic nitrogens is 2. The Bertz CT molecular complexity index is 492. The summed E-state index contributed by atoms with van der Waals surface area (Å²) in [6, 6.07) is 2.07. The molecule has 0 fully saturated rings. The molecule has 1 amide bonds. The fraction of sp³-hybridized carbons (Fsp3) is 0.667. The molecule has 6 nitrogen and oxygen atoms in total. The maximum atomic E-state index is 12.4. The highest BCUT2D eigenvalue weighted by molar-refractivity contribution is 5.92. The van der Waals surface area contributed by atoms with E-state index in [1.54, 1.807) is 6.07 Å². The Morgan fingerprint density at radius 3 is 2.43 bits per heavy atom. The van der Waals surface area contributed by atoms with Gasteiger partial charge in [-0.25, -0.2) is 0 Å². The number of aryl methyl sites for hydroxylation is 1. The molecular weight excluding hydrogens is 270 g/mol. The zero-order valence-electron chi connectivity index (χ0n) is 13.3. The van der Waals surface area contributed by atoms with E-state index in [1.165, 1.54) is 4.90 Å². The first-order valence-electron chi connectivity index (χ1n) is 7.51. The fourth-order valence-electron chi connectivity index (χ4n) is 2.39. The van der Waals surface area contributed by atoms with E-state index < -0.39 is 5.97 Å². The summed E-state index contributed by atoms with van der Waals surface area (Å²) in [5.74, 6) is -1.11. The number of carboxylic acids is 1. The number of hydrogen-bond acceptors (Lipinski definition) is 3. The van der Waals surface area contributed by atoms with Crippen molar-refractivity contribution in [3.05, 3.63) is 17.5 Å². The number of rotatable bonds is 8. The van der Waals surface area contributed by atoms with Crippen molar-refractivity contribution in [3.8, 4) is 0 Å². The Morgan fingerprint density at radius 1 is 1.33 bits per heavy atom. The van der Waals surface area contributed by atoms with Gasteiger partial charge in [0, 0.05) is 18.8 Å². The molecule has 0 aromatic carbocycles. The van der Waals surface area contributed by atoms with E-state index in [0.29, 0.717) is 18.3 Å². The lowest BCUT2D eigenvalue weighted by Gasteiger charge is -2.19. The number of amides is 1. The molecular formula is C15H25N3O3. The van der Waals surface area contributed by atoms with Crippen LogP contribution in [-0.4, -0.2) is 44.8 Å². The van der Waals surface area contributed by atoms with Crippen molar-refractivity contribution in [1.29, 1.82) is 0 Å². The van der Waals surface area contributed by atoms with Crippen molar-refractivity contribution in [2.75, 3.05) is 13.1 Å². The van der Waals surface area contributed by atoms with Gasteiger partial charge >= 0.3 is 5.97 Å². The maximum Gasteiger partial charge on any atom is 0.305 e. The quantitative estimate of drug-likeness (QED) is 0.799. The van der Waals surface area contributed by atoms with Crippen LogP contribution in [0.3, 0.4) is 0 Å². The minimum Gasteiger partial charge on any atom is -0.481 e. The summed E-state index contributed by atoms with van der Waals surface area (Å²) in [6.45, 7) is 8.66. The third-order valence-corrected chi connectivity index (χ3v) is 3.69. The molecule has 0 atom stereocenters. The summed E-state index contributed by atoms with van der Waals surface area (Å²) in [5, 5.41) is 13.2. The summed E-state index contributed by atoms with van der Waals surface area (Å²) in [6.07, 6.45) is 1.87. The highest BCUT2D eigenvalue weighted by Gasteiger charge is 2.20. The molecule has 0 unspecified atom stereocenters. The molecule has 0 bridgehead atoms. The first-order chi connectivity index (χ1) is 9.94. The van der Waals surface area contributed by atoms with E-state index in [1.807, 2.05) is 18.5 Å². The molecule has 1 aromatic heterocycles. The number of aliphatic carboxylic acids is 1. The molecule has 0 radical (unpaired) electrons. The molecule has 1 aromatic rings. The van der Waals surface area contributed by atoms with Crippen LogP contribution in [0, 0.1) is 6.92 Å². The molecule has 1 heterocycles. The van der Waals surface area contributed by atoms with Crippen LogP contribution in [0.1, 0.15) is 62.3 Å². The second kappa shape index (κ2) is 7.81. The Morgan fingerprint density at radius 2 is 1.95 bits per heavy atom. The SMILES string of the molecule is CCC(CC)n1nc(C(=O)N(CC)CCC(=O)O)cc1C. The van der Waals surface area contributed by atoms with Gasteiger partial charge in [-0.15, -0.1) is 0 Å². The van der Waals surface area contributed by atoms with E-state index >= 15 is 0 Å². The van der Waals surface area contributed by atoms with Crippen LogP contribution in [0.2, 0.25) is 0 Å². The van der Waals surface area contributed by atoms with Gasteiger partial charge in [0.05, 0.1) is 12.5 Å². The molecule has 0 saturated heterocycles. The normalized spacial score (nSPS) is 10.9. The van der Waals surface area contributed by atoms with Crippen LogP contribution in [0.4, 0.5) is 0 Å². The van der Waals surface area contributed by atoms with Gasteiger partial charge in [-0.05, 0) is 32.8 Å². The van der Waals surface area contributed by atoms with E-state index in [4.69, 9.17) is 5.11 Å². The number of nitrogens with zero attached hydrogens (tertiary/aromatic N) is 3. The Labute approximate surface area is 125 Å². The molecule has 1 rings (SSSR count). The van der Waals surface area contributed by atoms with E-state index in [9.17, 15) is 9.59 Å². The van der Waals surface area contributed by atoms with Gasteiger partial charge in [-0.1, -0.05) is 13.8 Å². The van der Waals surface area contributed by atoms with Crippen LogP contribution >= 0.6 is 0 Å². The molecule has 1 N–H and O–H groups in total. The summed E-state index contributed by atoms with van der Waals surface area (Å²) >= 11 is 0. The third kappa shape index (κ3) is 4.31. The Balaban J connectivity index is 2.91. The lowest BCUT2D eigenvalue weighted by Crippen LogP contribution is -2.33. The van der Waals surface area contributed by atoms with Gasteiger partial charge in [-0.2, -0.15) is 5.10 Å². The monoisotopic (exact) mass is 295 g/mol. The van der Waals surface area contributed by atoms with Crippen molar-refractivity contribution in [2.45, 2.75) is 53.0 Å². The Hall–Kier alpha value is -1.85. The van der Waals surface area contributed by atoms with Crippen molar-refractivity contribution >= 4 is 11.9 Å². The van der Waals surface area contributed by atoms with Crippen molar-refractivity contribution in [3.63, 3.8) is 0 Å². The predicted molar refractivity (Wildman–Crippen MR) is 80.4 cm³/mol. The van der Waals surface area contributed by atoms with Crippen molar-refractivity contribution < 1.29 is 14.7 Å². The average Bonchev–Trinajstić information content (AvgIpc) is 2.83. The second-order valence-electron chi connectivity index (χ2n) is 5.11.